The quantitative estimate of drug-likeness (QED) is 0.273. The number of nitrogens with one attached hydrogen (secondary N) is 1. The molecule has 180 valence electrons. The van der Waals surface area contributed by atoms with Crippen molar-refractivity contribution in [3.63, 3.8) is 0 Å². The molecule has 0 bridgehead atoms. The summed E-state index contributed by atoms with van der Waals surface area (Å²) in [5.41, 5.74) is 0.172. The summed E-state index contributed by atoms with van der Waals surface area (Å²) < 4.78 is 39.4. The number of rotatable bonds is 12. The van der Waals surface area contributed by atoms with Gasteiger partial charge in [0.25, 0.3) is 0 Å². The number of carboxylic acid groups (broad SMARTS) is 1. The number of carbonyl (C=O) groups excluding carboxylic acids is 1. The molecule has 3 N–H and O–H groups in total. The van der Waals surface area contributed by atoms with Gasteiger partial charge in [-0.25, -0.2) is 13.6 Å². The number of carboxylic acids is 1. The van der Waals surface area contributed by atoms with E-state index in [1.54, 1.807) is 24.3 Å². The second-order valence-electron chi connectivity index (χ2n) is 7.51. The van der Waals surface area contributed by atoms with Crippen molar-refractivity contribution in [2.24, 2.45) is 0 Å². The molecule has 0 fully saturated rings. The molecule has 3 rings (SSSR count). The van der Waals surface area contributed by atoms with E-state index in [9.17, 15) is 23.5 Å². The van der Waals surface area contributed by atoms with Crippen molar-refractivity contribution in [1.29, 1.82) is 0 Å². The van der Waals surface area contributed by atoms with Crippen LogP contribution in [0.15, 0.2) is 42.6 Å². The van der Waals surface area contributed by atoms with Gasteiger partial charge in [0.1, 0.15) is 11.6 Å². The predicted molar refractivity (Wildman–Crippen MR) is 120 cm³/mol. The molecule has 1 aromatic heterocycles. The van der Waals surface area contributed by atoms with Crippen molar-refractivity contribution in [3.8, 4) is 11.1 Å². The molecular formula is C25H25F2NO6. The smallest absolute Gasteiger partial charge is 0.337 e. The number of hydrogen-bond donors (Lipinski definition) is 3. The average Bonchev–Trinajstić information content (AvgIpc) is 3.26. The van der Waals surface area contributed by atoms with Crippen LogP contribution in [0.5, 0.6) is 0 Å². The van der Waals surface area contributed by atoms with Crippen molar-refractivity contribution in [2.75, 3.05) is 33.0 Å². The van der Waals surface area contributed by atoms with Gasteiger partial charge in [0, 0.05) is 22.9 Å². The van der Waals surface area contributed by atoms with E-state index >= 15 is 0 Å². The van der Waals surface area contributed by atoms with Crippen LogP contribution in [0.1, 0.15) is 37.5 Å². The lowest BCUT2D eigenvalue weighted by Gasteiger charge is -2.11. The number of aliphatic hydroxyl groups is 1. The lowest BCUT2D eigenvalue weighted by molar-refractivity contribution is 0.0340. The summed E-state index contributed by atoms with van der Waals surface area (Å²) in [6.45, 7) is 2.78. The second kappa shape index (κ2) is 11.6. The Hall–Kier alpha value is -3.40. The van der Waals surface area contributed by atoms with E-state index in [0.29, 0.717) is 26.2 Å². The first-order valence-electron chi connectivity index (χ1n) is 10.6. The van der Waals surface area contributed by atoms with Crippen LogP contribution in [-0.2, 0) is 15.9 Å². The van der Waals surface area contributed by atoms with Gasteiger partial charge < -0.3 is 24.7 Å². The highest BCUT2D eigenvalue weighted by molar-refractivity contribution is 6.14. The van der Waals surface area contributed by atoms with Gasteiger partial charge in [-0.05, 0) is 36.6 Å². The molecule has 0 saturated carbocycles. The molecule has 9 heteroatoms. The Labute approximate surface area is 195 Å². The first-order chi connectivity index (χ1) is 16.3. The van der Waals surface area contributed by atoms with Crippen LogP contribution in [0.2, 0.25) is 0 Å². The van der Waals surface area contributed by atoms with E-state index in [4.69, 9.17) is 14.6 Å². The van der Waals surface area contributed by atoms with Crippen molar-refractivity contribution in [2.45, 2.75) is 13.3 Å². The number of aromatic carboxylic acids is 1. The van der Waals surface area contributed by atoms with E-state index in [2.05, 4.69) is 4.98 Å². The summed E-state index contributed by atoms with van der Waals surface area (Å²) in [7, 11) is 0. The van der Waals surface area contributed by atoms with Crippen LogP contribution in [-0.4, -0.2) is 60.0 Å². The van der Waals surface area contributed by atoms with Crippen LogP contribution < -0.4 is 0 Å². The summed E-state index contributed by atoms with van der Waals surface area (Å²) in [6.07, 6.45) is 1.70. The standard InChI is InChI=1S/C25H25F2NO6/c1-15-19(26)6-7-20(27)21(15)22-18(25(31)32)14-28-23(22)24(30)17-4-2-16(3-5-17)8-10-33-12-13-34-11-9-29/h2-7,14,28-29H,8-13H2,1H3,(H,31,32). The number of hydrogen-bond acceptors (Lipinski definition) is 5. The first kappa shape index (κ1) is 25.2. The Morgan fingerprint density at radius 1 is 0.912 bits per heavy atom. The van der Waals surface area contributed by atoms with E-state index < -0.39 is 23.4 Å². The topological polar surface area (TPSA) is 109 Å². The fraction of sp³-hybridized carbons (Fsp3) is 0.280. The third kappa shape index (κ3) is 5.74. The zero-order valence-electron chi connectivity index (χ0n) is 18.6. The zero-order chi connectivity index (χ0) is 24.7. The van der Waals surface area contributed by atoms with Crippen LogP contribution in [0.3, 0.4) is 0 Å². The Morgan fingerprint density at radius 3 is 2.21 bits per heavy atom. The molecular weight excluding hydrogens is 448 g/mol. The van der Waals surface area contributed by atoms with Gasteiger partial charge in [-0.3, -0.25) is 4.79 Å². The summed E-state index contributed by atoms with van der Waals surface area (Å²) >= 11 is 0. The van der Waals surface area contributed by atoms with E-state index in [-0.39, 0.29) is 46.7 Å². The highest BCUT2D eigenvalue weighted by atomic mass is 19.1. The van der Waals surface area contributed by atoms with Gasteiger partial charge in [-0.15, -0.1) is 0 Å². The van der Waals surface area contributed by atoms with Gasteiger partial charge in [0.2, 0.25) is 5.78 Å². The number of aromatic nitrogens is 1. The molecule has 0 atom stereocenters. The largest absolute Gasteiger partial charge is 0.478 e. The van der Waals surface area contributed by atoms with E-state index in [1.165, 1.54) is 6.92 Å². The summed E-state index contributed by atoms with van der Waals surface area (Å²) in [5.74, 6) is -3.45. The summed E-state index contributed by atoms with van der Waals surface area (Å²) in [6, 6.07) is 8.51. The molecule has 0 aliphatic carbocycles. The van der Waals surface area contributed by atoms with Crippen molar-refractivity contribution >= 4 is 11.8 Å². The third-order valence-electron chi connectivity index (χ3n) is 5.29. The lowest BCUT2D eigenvalue weighted by Crippen LogP contribution is -2.09. The number of aliphatic hydroxyl groups excluding tert-OH is 1. The number of H-pyrrole nitrogens is 1. The molecule has 0 spiro atoms. The van der Waals surface area contributed by atoms with Gasteiger partial charge in [0.05, 0.1) is 44.3 Å². The van der Waals surface area contributed by atoms with Crippen LogP contribution >= 0.6 is 0 Å². The number of ether oxygens (including phenoxy) is 2. The molecule has 0 radical (unpaired) electrons. The zero-order valence-corrected chi connectivity index (χ0v) is 18.6. The SMILES string of the molecule is Cc1c(F)ccc(F)c1-c1c(C(=O)O)c[nH]c1C(=O)c1ccc(CCOCCOCCO)cc1. The fourth-order valence-electron chi connectivity index (χ4n) is 3.53. The minimum absolute atomic E-state index is 0.0382. The minimum atomic E-state index is -1.37. The summed E-state index contributed by atoms with van der Waals surface area (Å²) in [5, 5.41) is 18.2. The van der Waals surface area contributed by atoms with Crippen molar-refractivity contribution in [1.82, 2.24) is 4.98 Å². The molecule has 0 unspecified atom stereocenters. The highest BCUT2D eigenvalue weighted by Crippen LogP contribution is 2.35. The number of carbonyl (C=O) groups is 2. The second-order valence-corrected chi connectivity index (χ2v) is 7.51. The number of halogens is 2. The molecule has 7 nitrogen and oxygen atoms in total. The Morgan fingerprint density at radius 2 is 1.56 bits per heavy atom. The highest BCUT2D eigenvalue weighted by Gasteiger charge is 2.27. The van der Waals surface area contributed by atoms with Crippen LogP contribution in [0.4, 0.5) is 8.78 Å². The lowest BCUT2D eigenvalue weighted by atomic mass is 9.93. The fourth-order valence-corrected chi connectivity index (χ4v) is 3.53. The molecule has 0 aliphatic heterocycles. The van der Waals surface area contributed by atoms with Crippen molar-refractivity contribution in [3.05, 3.63) is 82.2 Å². The Bertz CT molecular complexity index is 1160. The maximum absolute atomic E-state index is 14.7. The number of aromatic amines is 1. The van der Waals surface area contributed by atoms with Crippen molar-refractivity contribution < 1.29 is 38.1 Å². The first-order valence-corrected chi connectivity index (χ1v) is 10.6. The van der Waals surface area contributed by atoms with Crippen LogP contribution in [0.25, 0.3) is 11.1 Å². The normalized spacial score (nSPS) is 11.1. The maximum atomic E-state index is 14.7. The van der Waals surface area contributed by atoms with E-state index in [0.717, 1.165) is 23.9 Å². The molecule has 3 aromatic rings. The Balaban J connectivity index is 1.79. The van der Waals surface area contributed by atoms with Gasteiger partial charge >= 0.3 is 5.97 Å². The maximum Gasteiger partial charge on any atom is 0.337 e. The minimum Gasteiger partial charge on any atom is -0.478 e. The monoisotopic (exact) mass is 473 g/mol. The molecule has 0 amide bonds. The predicted octanol–water partition coefficient (Wildman–Crippen LogP) is 3.77. The number of ketones is 1. The molecule has 1 heterocycles. The molecule has 34 heavy (non-hydrogen) atoms. The molecule has 0 aliphatic rings. The van der Waals surface area contributed by atoms with Gasteiger partial charge in [-0.1, -0.05) is 24.3 Å². The summed E-state index contributed by atoms with van der Waals surface area (Å²) in [4.78, 5) is 27.6. The average molecular weight is 473 g/mol. The third-order valence-corrected chi connectivity index (χ3v) is 5.29. The Kier molecular flexibility index (Phi) is 8.64. The van der Waals surface area contributed by atoms with Gasteiger partial charge in [-0.2, -0.15) is 0 Å². The number of benzene rings is 2. The van der Waals surface area contributed by atoms with Gasteiger partial charge in [0.15, 0.2) is 0 Å². The molecule has 2 aromatic carbocycles. The van der Waals surface area contributed by atoms with Crippen LogP contribution in [0, 0.1) is 18.6 Å². The molecule has 0 saturated heterocycles. The van der Waals surface area contributed by atoms with E-state index in [1.807, 2.05) is 0 Å².